The van der Waals surface area contributed by atoms with Crippen LogP contribution in [0, 0.1) is 12.3 Å². The van der Waals surface area contributed by atoms with E-state index in [0.717, 1.165) is 30.9 Å². The van der Waals surface area contributed by atoms with Crippen molar-refractivity contribution in [2.75, 3.05) is 45.8 Å². The van der Waals surface area contributed by atoms with Crippen LogP contribution in [0.25, 0.3) is 0 Å². The number of likely N-dealkylation sites (tertiary alicyclic amines) is 3. The van der Waals surface area contributed by atoms with Crippen molar-refractivity contribution in [3.05, 3.63) is 23.8 Å². The minimum absolute atomic E-state index is 0.273. The molecule has 3 aliphatic heterocycles. The number of nitrogens with zero attached hydrogens (tertiary/aromatic N) is 5. The van der Waals surface area contributed by atoms with E-state index in [-0.39, 0.29) is 11.3 Å². The van der Waals surface area contributed by atoms with Crippen LogP contribution in [-0.2, 0) is 11.3 Å². The lowest BCUT2D eigenvalue weighted by Crippen LogP contribution is -2.54. The average molecular weight is 372 g/mol. The molecule has 6 heteroatoms. The summed E-state index contributed by atoms with van der Waals surface area (Å²) in [5.41, 5.74) is 2.09. The van der Waals surface area contributed by atoms with Gasteiger partial charge in [-0.15, -0.1) is 0 Å². The zero-order chi connectivity index (χ0) is 18.7. The van der Waals surface area contributed by atoms with Gasteiger partial charge in [0.15, 0.2) is 0 Å². The normalized spacial score (nSPS) is 27.6. The van der Waals surface area contributed by atoms with Gasteiger partial charge in [0.05, 0.1) is 24.1 Å². The Morgan fingerprint density at radius 1 is 0.963 bits per heavy atom. The molecule has 0 aliphatic carbocycles. The molecule has 148 valence electrons. The Morgan fingerprint density at radius 2 is 1.74 bits per heavy atom. The topological polar surface area (TPSA) is 52.6 Å². The van der Waals surface area contributed by atoms with Crippen molar-refractivity contribution < 1.29 is 4.79 Å². The van der Waals surface area contributed by atoms with E-state index in [9.17, 15) is 4.79 Å². The van der Waals surface area contributed by atoms with Gasteiger partial charge in [0.1, 0.15) is 0 Å². The van der Waals surface area contributed by atoms with Crippen LogP contribution in [0.1, 0.15) is 49.9 Å². The van der Waals surface area contributed by atoms with Crippen molar-refractivity contribution >= 4 is 5.91 Å². The predicted octanol–water partition coefficient (Wildman–Crippen LogP) is 2.09. The van der Waals surface area contributed by atoms with Gasteiger partial charge < -0.3 is 14.7 Å². The SMILES string of the molecule is Cc1cnc(CN2C[C@@]3(CCCN(CCN4CCCC4)C3)CCC2=O)cn1. The predicted molar refractivity (Wildman–Crippen MR) is 105 cm³/mol. The molecule has 3 aliphatic rings. The van der Waals surface area contributed by atoms with E-state index in [0.29, 0.717) is 13.0 Å². The van der Waals surface area contributed by atoms with E-state index in [1.807, 2.05) is 18.0 Å². The summed E-state index contributed by atoms with van der Waals surface area (Å²) in [4.78, 5) is 28.6. The highest BCUT2D eigenvalue weighted by atomic mass is 16.2. The summed E-state index contributed by atoms with van der Waals surface area (Å²) in [5, 5.41) is 0. The molecule has 0 N–H and O–H groups in total. The van der Waals surface area contributed by atoms with Crippen molar-refractivity contribution in [2.45, 2.75) is 52.0 Å². The first-order valence-corrected chi connectivity index (χ1v) is 10.6. The highest BCUT2D eigenvalue weighted by Crippen LogP contribution is 2.39. The number of rotatable bonds is 5. The van der Waals surface area contributed by atoms with Crippen LogP contribution in [0.5, 0.6) is 0 Å². The van der Waals surface area contributed by atoms with E-state index in [1.165, 1.54) is 58.4 Å². The van der Waals surface area contributed by atoms with Gasteiger partial charge in [-0.3, -0.25) is 14.8 Å². The van der Waals surface area contributed by atoms with Crippen molar-refractivity contribution in [2.24, 2.45) is 5.41 Å². The second-order valence-corrected chi connectivity index (χ2v) is 8.83. The van der Waals surface area contributed by atoms with Crippen LogP contribution in [0.15, 0.2) is 12.4 Å². The van der Waals surface area contributed by atoms with Crippen LogP contribution >= 0.6 is 0 Å². The van der Waals surface area contributed by atoms with Gasteiger partial charge in [-0.2, -0.15) is 0 Å². The molecule has 1 spiro atoms. The third-order valence-corrected chi connectivity index (χ3v) is 6.61. The number of piperidine rings is 2. The molecule has 0 bridgehead atoms. The quantitative estimate of drug-likeness (QED) is 0.793. The summed E-state index contributed by atoms with van der Waals surface area (Å²) in [6, 6.07) is 0. The molecule has 1 aromatic heterocycles. The smallest absolute Gasteiger partial charge is 0.222 e. The van der Waals surface area contributed by atoms with E-state index >= 15 is 0 Å². The summed E-state index contributed by atoms with van der Waals surface area (Å²) < 4.78 is 0. The maximum atomic E-state index is 12.5. The van der Waals surface area contributed by atoms with Crippen LogP contribution in [0.4, 0.5) is 0 Å². The zero-order valence-electron chi connectivity index (χ0n) is 16.7. The molecule has 0 radical (unpaired) electrons. The molecule has 1 atom stereocenters. The number of aryl methyl sites for hydroxylation is 1. The highest BCUT2D eigenvalue weighted by Gasteiger charge is 2.41. The number of hydrogen-bond acceptors (Lipinski definition) is 5. The summed E-state index contributed by atoms with van der Waals surface area (Å²) in [5.74, 6) is 0.275. The van der Waals surface area contributed by atoms with Gasteiger partial charge in [-0.25, -0.2) is 0 Å². The lowest BCUT2D eigenvalue weighted by Gasteiger charge is -2.48. The highest BCUT2D eigenvalue weighted by molar-refractivity contribution is 5.77. The van der Waals surface area contributed by atoms with Crippen LogP contribution in [0.3, 0.4) is 0 Å². The Hall–Kier alpha value is -1.53. The van der Waals surface area contributed by atoms with Crippen molar-refractivity contribution in [1.29, 1.82) is 0 Å². The number of hydrogen-bond donors (Lipinski definition) is 0. The molecule has 0 aromatic carbocycles. The number of amides is 1. The second kappa shape index (κ2) is 8.23. The Bertz CT molecular complexity index is 642. The molecule has 4 heterocycles. The average Bonchev–Trinajstić information content (AvgIpc) is 3.19. The van der Waals surface area contributed by atoms with Gasteiger partial charge in [-0.1, -0.05) is 0 Å². The Balaban J connectivity index is 1.36. The van der Waals surface area contributed by atoms with Gasteiger partial charge >= 0.3 is 0 Å². The monoisotopic (exact) mass is 371 g/mol. The molecular weight excluding hydrogens is 338 g/mol. The van der Waals surface area contributed by atoms with Gasteiger partial charge in [0, 0.05) is 44.2 Å². The first-order chi connectivity index (χ1) is 13.1. The Morgan fingerprint density at radius 3 is 2.52 bits per heavy atom. The minimum atomic E-state index is 0.273. The Labute approximate surface area is 162 Å². The molecule has 1 aromatic rings. The molecule has 3 fully saturated rings. The molecule has 0 saturated carbocycles. The maximum Gasteiger partial charge on any atom is 0.222 e. The van der Waals surface area contributed by atoms with Crippen molar-refractivity contribution in [3.8, 4) is 0 Å². The second-order valence-electron chi connectivity index (χ2n) is 8.83. The summed E-state index contributed by atoms with van der Waals surface area (Å²) >= 11 is 0. The molecule has 3 saturated heterocycles. The molecular formula is C21H33N5O. The van der Waals surface area contributed by atoms with E-state index in [2.05, 4.69) is 19.8 Å². The van der Waals surface area contributed by atoms with Crippen LogP contribution < -0.4 is 0 Å². The number of aromatic nitrogens is 2. The third-order valence-electron chi connectivity index (χ3n) is 6.61. The molecule has 1 amide bonds. The molecule has 27 heavy (non-hydrogen) atoms. The summed E-state index contributed by atoms with van der Waals surface area (Å²) in [6.07, 6.45) is 10.6. The van der Waals surface area contributed by atoms with Gasteiger partial charge in [-0.05, 0) is 58.7 Å². The van der Waals surface area contributed by atoms with Crippen LogP contribution in [-0.4, -0.2) is 76.4 Å². The molecule has 4 rings (SSSR count). The summed E-state index contributed by atoms with van der Waals surface area (Å²) in [7, 11) is 0. The number of carbonyl (C=O) groups is 1. The zero-order valence-corrected chi connectivity index (χ0v) is 16.7. The van der Waals surface area contributed by atoms with Gasteiger partial charge in [0.25, 0.3) is 0 Å². The standard InChI is InChI=1S/C21H33N5O/c1-18-13-23-19(14-22-18)15-26-17-21(7-5-20(26)27)6-4-10-25(16-21)12-11-24-8-2-3-9-24/h13-14H,2-12,15-17H2,1H3/t21-/m0/s1. The van der Waals surface area contributed by atoms with E-state index < -0.39 is 0 Å². The lowest BCUT2D eigenvalue weighted by atomic mass is 9.73. The first kappa shape index (κ1) is 18.8. The van der Waals surface area contributed by atoms with Crippen molar-refractivity contribution in [1.82, 2.24) is 24.7 Å². The molecule has 6 nitrogen and oxygen atoms in total. The first-order valence-electron chi connectivity index (χ1n) is 10.6. The fraction of sp³-hybridized carbons (Fsp3) is 0.762. The maximum absolute atomic E-state index is 12.5. The van der Waals surface area contributed by atoms with E-state index in [4.69, 9.17) is 0 Å². The third kappa shape index (κ3) is 4.66. The van der Waals surface area contributed by atoms with Crippen LogP contribution in [0.2, 0.25) is 0 Å². The van der Waals surface area contributed by atoms with Gasteiger partial charge in [0.2, 0.25) is 5.91 Å². The largest absolute Gasteiger partial charge is 0.336 e. The lowest BCUT2D eigenvalue weighted by molar-refractivity contribution is -0.140. The van der Waals surface area contributed by atoms with Crippen molar-refractivity contribution in [3.63, 3.8) is 0 Å². The number of carbonyl (C=O) groups excluding carboxylic acids is 1. The molecule has 0 unspecified atom stereocenters. The fourth-order valence-corrected chi connectivity index (χ4v) is 5.07. The summed E-state index contributed by atoms with van der Waals surface area (Å²) in [6.45, 7) is 10.7. The fourth-order valence-electron chi connectivity index (χ4n) is 5.07. The Kier molecular flexibility index (Phi) is 5.74. The van der Waals surface area contributed by atoms with E-state index in [1.54, 1.807) is 6.20 Å². The minimum Gasteiger partial charge on any atom is -0.336 e.